The van der Waals surface area contributed by atoms with Crippen LogP contribution in [0.5, 0.6) is 11.5 Å². The van der Waals surface area contributed by atoms with Gasteiger partial charge < -0.3 is 19.9 Å². The van der Waals surface area contributed by atoms with E-state index in [0.717, 1.165) is 22.8 Å². The molecule has 5 heteroatoms. The van der Waals surface area contributed by atoms with Gasteiger partial charge in [0, 0.05) is 36.3 Å². The summed E-state index contributed by atoms with van der Waals surface area (Å²) in [7, 11) is 0. The van der Waals surface area contributed by atoms with Crippen LogP contribution in [-0.4, -0.2) is 29.4 Å². The average Bonchev–Trinajstić information content (AvgIpc) is 2.59. The lowest BCUT2D eigenvalue weighted by Gasteiger charge is -2.33. The highest BCUT2D eigenvalue weighted by molar-refractivity contribution is 5.38. The molecular formula is C19H24N2O3. The van der Waals surface area contributed by atoms with Gasteiger partial charge in [0.15, 0.2) is 0 Å². The van der Waals surface area contributed by atoms with E-state index in [9.17, 15) is 5.11 Å². The van der Waals surface area contributed by atoms with Crippen LogP contribution in [0.1, 0.15) is 31.1 Å². The maximum atomic E-state index is 9.67. The highest BCUT2D eigenvalue weighted by Crippen LogP contribution is 2.35. The molecular weight excluding hydrogens is 304 g/mol. The quantitative estimate of drug-likeness (QED) is 0.854. The predicted octanol–water partition coefficient (Wildman–Crippen LogP) is 2.70. The van der Waals surface area contributed by atoms with Gasteiger partial charge in [0.2, 0.25) is 0 Å². The largest absolute Gasteiger partial charge is 0.493 e. The van der Waals surface area contributed by atoms with Gasteiger partial charge in [0.25, 0.3) is 0 Å². The van der Waals surface area contributed by atoms with E-state index in [1.165, 1.54) is 0 Å². The van der Waals surface area contributed by atoms with Crippen LogP contribution in [0.25, 0.3) is 0 Å². The number of aromatic nitrogens is 1. The Morgan fingerprint density at radius 2 is 2.17 bits per heavy atom. The lowest BCUT2D eigenvalue weighted by Crippen LogP contribution is -2.37. The molecule has 1 aliphatic rings. The summed E-state index contributed by atoms with van der Waals surface area (Å²) < 4.78 is 11.5. The molecule has 0 saturated carbocycles. The summed E-state index contributed by atoms with van der Waals surface area (Å²) in [5.74, 6) is 1.72. The minimum absolute atomic E-state index is 0.0231. The number of aliphatic hydroxyl groups excluding tert-OH is 1. The Bertz CT molecular complexity index is 675. The Labute approximate surface area is 142 Å². The summed E-state index contributed by atoms with van der Waals surface area (Å²) in [5.41, 5.74) is 1.99. The van der Waals surface area contributed by atoms with E-state index >= 15 is 0 Å². The number of nitrogens with zero attached hydrogens (tertiary/aromatic N) is 1. The van der Waals surface area contributed by atoms with Gasteiger partial charge in [-0.25, -0.2) is 0 Å². The predicted molar refractivity (Wildman–Crippen MR) is 92.1 cm³/mol. The number of para-hydroxylation sites is 1. The van der Waals surface area contributed by atoms with Crippen molar-refractivity contribution in [3.05, 3.63) is 53.9 Å². The minimum atomic E-state index is 0.0231. The van der Waals surface area contributed by atoms with Crippen molar-refractivity contribution in [2.75, 3.05) is 13.2 Å². The van der Waals surface area contributed by atoms with E-state index in [1.807, 2.05) is 50.2 Å². The van der Waals surface area contributed by atoms with E-state index in [0.29, 0.717) is 13.2 Å². The number of hydrogen-bond donors (Lipinski definition) is 2. The summed E-state index contributed by atoms with van der Waals surface area (Å²) in [6.45, 7) is 5.20. The van der Waals surface area contributed by atoms with Crippen LogP contribution in [0, 0.1) is 5.92 Å². The number of rotatable bonds is 6. The molecule has 24 heavy (non-hydrogen) atoms. The van der Waals surface area contributed by atoms with Crippen molar-refractivity contribution >= 4 is 0 Å². The molecule has 0 saturated heterocycles. The molecule has 0 radical (unpaired) electrons. The van der Waals surface area contributed by atoms with Gasteiger partial charge in [-0.1, -0.05) is 18.2 Å². The monoisotopic (exact) mass is 328 g/mol. The molecule has 3 rings (SSSR count). The lowest BCUT2D eigenvalue weighted by molar-refractivity contribution is 0.110. The second-order valence-corrected chi connectivity index (χ2v) is 6.30. The number of benzene rings is 1. The maximum Gasteiger partial charge on any atom is 0.124 e. The Morgan fingerprint density at radius 1 is 1.33 bits per heavy atom. The molecule has 5 nitrogen and oxygen atoms in total. The van der Waals surface area contributed by atoms with Crippen molar-refractivity contribution in [2.24, 2.45) is 5.92 Å². The molecule has 0 unspecified atom stereocenters. The van der Waals surface area contributed by atoms with Gasteiger partial charge in [-0.2, -0.15) is 0 Å². The first kappa shape index (κ1) is 16.7. The zero-order valence-corrected chi connectivity index (χ0v) is 14.1. The Kier molecular flexibility index (Phi) is 5.33. The molecule has 1 aromatic heterocycles. The fourth-order valence-electron chi connectivity index (χ4n) is 2.96. The zero-order valence-electron chi connectivity index (χ0n) is 14.1. The molecule has 0 fully saturated rings. The second kappa shape index (κ2) is 7.64. The van der Waals surface area contributed by atoms with Crippen molar-refractivity contribution in [3.63, 3.8) is 0 Å². The third-order valence-electron chi connectivity index (χ3n) is 4.08. The SMILES string of the molecule is CC(C)Oc1ccnc(CN[C@H]2c3ccccc3OC[C@H]2CO)c1. The Hall–Kier alpha value is -2.11. The van der Waals surface area contributed by atoms with Crippen molar-refractivity contribution in [1.82, 2.24) is 10.3 Å². The summed E-state index contributed by atoms with van der Waals surface area (Å²) in [4.78, 5) is 4.40. The van der Waals surface area contributed by atoms with Crippen LogP contribution in [0.4, 0.5) is 0 Å². The summed E-state index contributed by atoms with van der Waals surface area (Å²) in [6.07, 6.45) is 1.89. The summed E-state index contributed by atoms with van der Waals surface area (Å²) >= 11 is 0. The highest BCUT2D eigenvalue weighted by Gasteiger charge is 2.29. The fourth-order valence-corrected chi connectivity index (χ4v) is 2.96. The molecule has 2 heterocycles. The van der Waals surface area contributed by atoms with E-state index in [2.05, 4.69) is 10.3 Å². The van der Waals surface area contributed by atoms with E-state index in [-0.39, 0.29) is 24.7 Å². The smallest absolute Gasteiger partial charge is 0.124 e. The van der Waals surface area contributed by atoms with Gasteiger partial charge in [-0.3, -0.25) is 4.98 Å². The topological polar surface area (TPSA) is 63.6 Å². The third kappa shape index (κ3) is 3.86. The second-order valence-electron chi connectivity index (χ2n) is 6.30. The van der Waals surface area contributed by atoms with Crippen LogP contribution in [0.2, 0.25) is 0 Å². The van der Waals surface area contributed by atoms with Gasteiger partial charge in [-0.05, 0) is 26.0 Å². The molecule has 2 atom stereocenters. The average molecular weight is 328 g/mol. The van der Waals surface area contributed by atoms with E-state index < -0.39 is 0 Å². The molecule has 0 aliphatic carbocycles. The molecule has 1 aliphatic heterocycles. The number of aliphatic hydroxyl groups is 1. The van der Waals surface area contributed by atoms with Crippen molar-refractivity contribution in [1.29, 1.82) is 0 Å². The van der Waals surface area contributed by atoms with Crippen molar-refractivity contribution in [3.8, 4) is 11.5 Å². The number of pyridine rings is 1. The Balaban J connectivity index is 1.73. The first-order valence-electron chi connectivity index (χ1n) is 8.35. The summed E-state index contributed by atoms with van der Waals surface area (Å²) in [6, 6.07) is 11.8. The molecule has 0 spiro atoms. The van der Waals surface area contributed by atoms with Gasteiger partial charge in [0.05, 0.1) is 25.0 Å². The van der Waals surface area contributed by atoms with Gasteiger partial charge in [0.1, 0.15) is 11.5 Å². The number of nitrogens with one attached hydrogen (secondary N) is 1. The van der Waals surface area contributed by atoms with E-state index in [1.54, 1.807) is 6.20 Å². The van der Waals surface area contributed by atoms with Crippen LogP contribution in [0.3, 0.4) is 0 Å². The Morgan fingerprint density at radius 3 is 2.96 bits per heavy atom. The highest BCUT2D eigenvalue weighted by atomic mass is 16.5. The van der Waals surface area contributed by atoms with E-state index in [4.69, 9.17) is 9.47 Å². The standard InChI is InChI=1S/C19H24N2O3/c1-13(2)24-16-7-8-20-15(9-16)10-21-19-14(11-22)12-23-18-6-4-3-5-17(18)19/h3-9,13-14,19,21-22H,10-12H2,1-2H3/t14-,19-/m1/s1. The molecule has 2 aromatic rings. The lowest BCUT2D eigenvalue weighted by atomic mass is 9.91. The number of hydrogen-bond acceptors (Lipinski definition) is 5. The molecule has 0 bridgehead atoms. The first-order valence-corrected chi connectivity index (χ1v) is 8.35. The van der Waals surface area contributed by atoms with Gasteiger partial charge in [-0.15, -0.1) is 0 Å². The summed E-state index contributed by atoms with van der Waals surface area (Å²) in [5, 5.41) is 13.2. The molecule has 0 amide bonds. The van der Waals surface area contributed by atoms with Gasteiger partial charge >= 0.3 is 0 Å². The fraction of sp³-hybridized carbons (Fsp3) is 0.421. The minimum Gasteiger partial charge on any atom is -0.493 e. The third-order valence-corrected chi connectivity index (χ3v) is 4.08. The first-order chi connectivity index (χ1) is 11.7. The zero-order chi connectivity index (χ0) is 16.9. The van der Waals surface area contributed by atoms with Crippen LogP contribution < -0.4 is 14.8 Å². The normalized spacial score (nSPS) is 19.7. The van der Waals surface area contributed by atoms with Crippen LogP contribution in [-0.2, 0) is 6.54 Å². The van der Waals surface area contributed by atoms with Crippen LogP contribution in [0.15, 0.2) is 42.6 Å². The van der Waals surface area contributed by atoms with Crippen molar-refractivity contribution < 1.29 is 14.6 Å². The number of ether oxygens (including phenoxy) is 2. The molecule has 2 N–H and O–H groups in total. The van der Waals surface area contributed by atoms with Crippen molar-refractivity contribution in [2.45, 2.75) is 32.5 Å². The van der Waals surface area contributed by atoms with Crippen LogP contribution >= 0.6 is 0 Å². The molecule has 1 aromatic carbocycles. The molecule has 128 valence electrons. The maximum absolute atomic E-state index is 9.67. The number of fused-ring (bicyclic) bond motifs is 1.